The Morgan fingerprint density at radius 2 is 2.08 bits per heavy atom. The summed E-state index contributed by atoms with van der Waals surface area (Å²) in [6.45, 7) is 0. The number of phenolic OH excluding ortho intramolecular Hbond substituents is 1. The van der Waals surface area contributed by atoms with Crippen LogP contribution >= 0.6 is 43.2 Å². The highest BCUT2D eigenvalue weighted by atomic mass is 79.9. The summed E-state index contributed by atoms with van der Waals surface area (Å²) in [5, 5.41) is 20.2. The Balaban J connectivity index is 2.02. The lowest BCUT2D eigenvalue weighted by atomic mass is 9.96. The lowest BCUT2D eigenvalue weighted by Gasteiger charge is -2.09. The third kappa shape index (κ3) is 3.10. The van der Waals surface area contributed by atoms with Crippen molar-refractivity contribution in [3.05, 3.63) is 36.6 Å². The largest absolute Gasteiger partial charge is 0.503 e. The zero-order chi connectivity index (χ0) is 17.3. The molecule has 0 amide bonds. The Labute approximate surface area is 161 Å². The van der Waals surface area contributed by atoms with Gasteiger partial charge in [-0.25, -0.2) is 4.99 Å². The molecule has 0 fully saturated rings. The molecule has 2 aromatic rings. The summed E-state index contributed by atoms with van der Waals surface area (Å²) in [5.74, 6) is 0.392. The number of hydrogen-bond donors (Lipinski definition) is 1. The number of nitriles is 1. The quantitative estimate of drug-likeness (QED) is 0.604. The zero-order valence-electron chi connectivity index (χ0n) is 12.9. The fourth-order valence-corrected chi connectivity index (χ4v) is 4.76. The van der Waals surface area contributed by atoms with Gasteiger partial charge in [0.15, 0.2) is 11.5 Å². The monoisotopic (exact) mass is 468 g/mol. The van der Waals surface area contributed by atoms with Gasteiger partial charge in [-0.05, 0) is 69.2 Å². The van der Waals surface area contributed by atoms with Crippen LogP contribution in [-0.2, 0) is 12.8 Å². The van der Waals surface area contributed by atoms with Crippen molar-refractivity contribution < 1.29 is 9.84 Å². The van der Waals surface area contributed by atoms with Crippen molar-refractivity contribution in [1.82, 2.24) is 0 Å². The molecule has 1 aromatic carbocycles. The molecule has 0 radical (unpaired) electrons. The van der Waals surface area contributed by atoms with Crippen molar-refractivity contribution in [1.29, 1.82) is 5.26 Å². The van der Waals surface area contributed by atoms with E-state index in [1.54, 1.807) is 23.6 Å². The number of aryl methyl sites for hydroxylation is 1. The number of nitrogens with zero attached hydrogens (tertiary/aromatic N) is 2. The van der Waals surface area contributed by atoms with E-state index in [0.29, 0.717) is 20.3 Å². The molecule has 0 saturated heterocycles. The van der Waals surface area contributed by atoms with Crippen LogP contribution in [0, 0.1) is 11.3 Å². The van der Waals surface area contributed by atoms with Crippen LogP contribution in [0.25, 0.3) is 0 Å². The Bertz CT molecular complexity index is 869. The molecule has 0 atom stereocenters. The number of rotatable bonds is 3. The first-order chi connectivity index (χ1) is 11.6. The zero-order valence-corrected chi connectivity index (χ0v) is 16.9. The second-order valence-electron chi connectivity index (χ2n) is 5.41. The molecule has 4 nitrogen and oxygen atoms in total. The van der Waals surface area contributed by atoms with Gasteiger partial charge in [-0.2, -0.15) is 5.26 Å². The van der Waals surface area contributed by atoms with E-state index in [9.17, 15) is 10.4 Å². The van der Waals surface area contributed by atoms with E-state index in [-0.39, 0.29) is 5.75 Å². The van der Waals surface area contributed by atoms with Crippen LogP contribution in [-0.4, -0.2) is 18.4 Å². The fraction of sp³-hybridized carbons (Fsp3) is 0.294. The van der Waals surface area contributed by atoms with Crippen molar-refractivity contribution in [3.8, 4) is 17.6 Å². The second-order valence-corrected chi connectivity index (χ2v) is 8.08. The molecular formula is C17H14Br2N2O2S. The summed E-state index contributed by atoms with van der Waals surface area (Å²) in [6.07, 6.45) is 6.00. The van der Waals surface area contributed by atoms with E-state index in [4.69, 9.17) is 4.74 Å². The number of halogens is 2. The van der Waals surface area contributed by atoms with Gasteiger partial charge in [0.2, 0.25) is 0 Å². The molecule has 24 heavy (non-hydrogen) atoms. The molecule has 3 rings (SSSR count). The smallest absolute Gasteiger partial charge is 0.173 e. The Kier molecular flexibility index (Phi) is 5.28. The molecule has 1 aromatic heterocycles. The Hall–Kier alpha value is -1.36. The maximum atomic E-state index is 9.99. The maximum absolute atomic E-state index is 9.99. The molecule has 7 heteroatoms. The lowest BCUT2D eigenvalue weighted by molar-refractivity contribution is 0.371. The highest BCUT2D eigenvalue weighted by Crippen LogP contribution is 2.42. The number of hydrogen-bond acceptors (Lipinski definition) is 5. The molecule has 0 bridgehead atoms. The lowest BCUT2D eigenvalue weighted by Crippen LogP contribution is -1.99. The van der Waals surface area contributed by atoms with Gasteiger partial charge in [0, 0.05) is 21.1 Å². The number of fused-ring (bicyclic) bond motifs is 1. The summed E-state index contributed by atoms with van der Waals surface area (Å²) in [6, 6.07) is 4.01. The molecule has 0 aliphatic heterocycles. The van der Waals surface area contributed by atoms with Crippen LogP contribution in [0.1, 0.15) is 34.4 Å². The predicted octanol–water partition coefficient (Wildman–Crippen LogP) is 5.49. The van der Waals surface area contributed by atoms with Crippen molar-refractivity contribution in [2.75, 3.05) is 7.11 Å². The van der Waals surface area contributed by atoms with E-state index >= 15 is 0 Å². The molecule has 1 aliphatic rings. The minimum atomic E-state index is 0.0332. The first kappa shape index (κ1) is 17.5. The molecule has 124 valence electrons. The molecule has 1 N–H and O–H groups in total. The van der Waals surface area contributed by atoms with Gasteiger partial charge >= 0.3 is 0 Å². The van der Waals surface area contributed by atoms with Gasteiger partial charge in [-0.3, -0.25) is 0 Å². The maximum Gasteiger partial charge on any atom is 0.173 e. The normalized spacial score (nSPS) is 13.8. The van der Waals surface area contributed by atoms with Gasteiger partial charge in [-0.1, -0.05) is 0 Å². The summed E-state index contributed by atoms with van der Waals surface area (Å²) in [5.41, 5.74) is 2.63. The van der Waals surface area contributed by atoms with Gasteiger partial charge < -0.3 is 9.84 Å². The average molecular weight is 470 g/mol. The third-order valence-electron chi connectivity index (χ3n) is 3.98. The van der Waals surface area contributed by atoms with Gasteiger partial charge in [0.25, 0.3) is 0 Å². The average Bonchev–Trinajstić information content (AvgIpc) is 2.96. The highest BCUT2D eigenvalue weighted by Gasteiger charge is 2.20. The molecule has 0 saturated carbocycles. The molecule has 1 aliphatic carbocycles. The summed E-state index contributed by atoms with van der Waals surface area (Å²) >= 11 is 8.38. The first-order valence-electron chi connectivity index (χ1n) is 7.40. The SMILES string of the molecule is COc1cc(C=Nc2sc3c(c2C#N)CCCC3)c(Br)c(Br)c1O. The molecule has 0 spiro atoms. The number of methoxy groups -OCH3 is 1. The first-order valence-corrected chi connectivity index (χ1v) is 9.80. The van der Waals surface area contributed by atoms with Crippen molar-refractivity contribution in [2.24, 2.45) is 4.99 Å². The van der Waals surface area contributed by atoms with Crippen molar-refractivity contribution in [2.45, 2.75) is 25.7 Å². The minimum absolute atomic E-state index is 0.0332. The van der Waals surface area contributed by atoms with E-state index in [1.807, 2.05) is 0 Å². The van der Waals surface area contributed by atoms with Gasteiger partial charge in [0.1, 0.15) is 11.1 Å². The van der Waals surface area contributed by atoms with Crippen LogP contribution in [0.3, 0.4) is 0 Å². The van der Waals surface area contributed by atoms with E-state index in [0.717, 1.165) is 29.8 Å². The predicted molar refractivity (Wildman–Crippen MR) is 103 cm³/mol. The topological polar surface area (TPSA) is 65.6 Å². The van der Waals surface area contributed by atoms with Crippen LogP contribution in [0.4, 0.5) is 5.00 Å². The van der Waals surface area contributed by atoms with Crippen molar-refractivity contribution >= 4 is 54.4 Å². The molecule has 1 heterocycles. The van der Waals surface area contributed by atoms with Crippen LogP contribution in [0.5, 0.6) is 11.5 Å². The summed E-state index contributed by atoms with van der Waals surface area (Å²) < 4.78 is 6.37. The van der Waals surface area contributed by atoms with E-state index < -0.39 is 0 Å². The fourth-order valence-electron chi connectivity index (χ4n) is 2.75. The number of benzene rings is 1. The van der Waals surface area contributed by atoms with Crippen LogP contribution < -0.4 is 4.74 Å². The summed E-state index contributed by atoms with van der Waals surface area (Å²) in [7, 11) is 1.50. The minimum Gasteiger partial charge on any atom is -0.503 e. The number of phenols is 1. The van der Waals surface area contributed by atoms with Crippen molar-refractivity contribution in [3.63, 3.8) is 0 Å². The van der Waals surface area contributed by atoms with Crippen LogP contribution in [0.15, 0.2) is 20.0 Å². The standard InChI is InChI=1S/C17H14Br2N2O2S/c1-23-12-6-9(14(18)15(19)16(12)22)8-21-17-11(7-20)10-4-2-3-5-13(10)24-17/h6,8,22H,2-5H2,1H3. The number of aromatic hydroxyl groups is 1. The van der Waals surface area contributed by atoms with Gasteiger partial charge in [-0.15, -0.1) is 11.3 Å². The Morgan fingerprint density at radius 3 is 2.79 bits per heavy atom. The molecular weight excluding hydrogens is 456 g/mol. The second kappa shape index (κ2) is 7.26. The number of ether oxygens (including phenoxy) is 1. The Morgan fingerprint density at radius 1 is 1.33 bits per heavy atom. The van der Waals surface area contributed by atoms with E-state index in [1.165, 1.54) is 24.0 Å². The number of aliphatic imine (C=N–C) groups is 1. The third-order valence-corrected chi connectivity index (χ3v) is 7.34. The van der Waals surface area contributed by atoms with E-state index in [2.05, 4.69) is 42.9 Å². The summed E-state index contributed by atoms with van der Waals surface area (Å²) in [4.78, 5) is 5.83. The highest BCUT2D eigenvalue weighted by molar-refractivity contribution is 9.13. The number of thiophene rings is 1. The van der Waals surface area contributed by atoms with Crippen LogP contribution in [0.2, 0.25) is 0 Å². The molecule has 0 unspecified atom stereocenters. The van der Waals surface area contributed by atoms with Gasteiger partial charge in [0.05, 0.1) is 17.1 Å².